The van der Waals surface area contributed by atoms with Gasteiger partial charge in [0, 0.05) is 55.0 Å². The van der Waals surface area contributed by atoms with Crippen LogP contribution in [0.15, 0.2) is 182 Å². The van der Waals surface area contributed by atoms with E-state index in [0.29, 0.717) is 37.5 Å². The van der Waals surface area contributed by atoms with E-state index < -0.39 is 0 Å². The summed E-state index contributed by atoms with van der Waals surface area (Å²) < 4.78 is 0. The largest absolute Gasteiger partial charge is 0.294 e. The molecule has 0 bridgehead atoms. The molecular weight excluding hydrogens is 943 g/mol. The van der Waals surface area contributed by atoms with E-state index in [0.717, 1.165) is 59.9 Å². The highest BCUT2D eigenvalue weighted by Gasteiger charge is 2.16. The standard InChI is InChI=1S/C29H26O.C18H16Cl4O.C17H20/c1-21(23-9-5-3-6-10-23)25-13-17-27(18-14-25)29(30)28-19-15-26(16-20-28)22(2)24-11-7-4-8-12-24;1-3-12-14(19)5-10(6-15(12)20)7-18(23)11-8-16(21)13(4-2)17(22)9-11;1-3-14-5-9-16(10-6-14)13-17-11-7-15(4-2)8-12-17/h3-22H,1-2H3;5-6,8-9H,3-4,7H2,1-2H3;5-12H,3-4,13H2,1-2H3. The van der Waals surface area contributed by atoms with Gasteiger partial charge >= 0.3 is 0 Å². The van der Waals surface area contributed by atoms with Gasteiger partial charge in [-0.2, -0.15) is 0 Å². The van der Waals surface area contributed by atoms with Crippen molar-refractivity contribution in [2.45, 2.75) is 91.9 Å². The van der Waals surface area contributed by atoms with Crippen molar-refractivity contribution >= 4 is 58.0 Å². The summed E-state index contributed by atoms with van der Waals surface area (Å²) in [5, 5.41) is 2.20. The van der Waals surface area contributed by atoms with Crippen LogP contribution in [-0.4, -0.2) is 11.6 Å². The molecule has 358 valence electrons. The number of carbonyl (C=O) groups excluding carboxylic acids is 2. The van der Waals surface area contributed by atoms with Crippen LogP contribution in [-0.2, 0) is 38.5 Å². The Labute approximate surface area is 436 Å². The second-order valence-electron chi connectivity index (χ2n) is 17.6. The predicted molar refractivity (Wildman–Crippen MR) is 298 cm³/mol. The van der Waals surface area contributed by atoms with Crippen LogP contribution in [0.2, 0.25) is 20.1 Å². The Morgan fingerprint density at radius 3 is 1.04 bits per heavy atom. The average molecular weight is 1010 g/mol. The molecule has 0 saturated heterocycles. The zero-order valence-electron chi connectivity index (χ0n) is 41.0. The van der Waals surface area contributed by atoms with Gasteiger partial charge in [-0.15, -0.1) is 0 Å². The van der Waals surface area contributed by atoms with Gasteiger partial charge in [0.2, 0.25) is 0 Å². The van der Waals surface area contributed by atoms with E-state index in [1.165, 1.54) is 44.5 Å². The molecule has 2 nitrogen and oxygen atoms in total. The second kappa shape index (κ2) is 26.5. The lowest BCUT2D eigenvalue weighted by molar-refractivity contribution is 0.0991. The number of hydrogen-bond acceptors (Lipinski definition) is 2. The topological polar surface area (TPSA) is 34.1 Å². The number of halogens is 4. The van der Waals surface area contributed by atoms with E-state index in [1.54, 1.807) is 24.3 Å². The molecule has 0 saturated carbocycles. The Morgan fingerprint density at radius 2 is 0.700 bits per heavy atom. The number of ketones is 2. The monoisotopic (exact) mass is 1000 g/mol. The van der Waals surface area contributed by atoms with Gasteiger partial charge in [-0.25, -0.2) is 0 Å². The minimum absolute atomic E-state index is 0.0628. The fraction of sp³-hybridized carbons (Fsp3) is 0.219. The van der Waals surface area contributed by atoms with Gasteiger partial charge in [0.15, 0.2) is 11.6 Å². The lowest BCUT2D eigenvalue weighted by Crippen LogP contribution is -2.05. The van der Waals surface area contributed by atoms with Crippen LogP contribution in [0.1, 0.15) is 141 Å². The molecule has 8 aromatic rings. The molecule has 6 heteroatoms. The molecule has 0 spiro atoms. The molecule has 0 amide bonds. The van der Waals surface area contributed by atoms with Crippen molar-refractivity contribution in [3.63, 3.8) is 0 Å². The van der Waals surface area contributed by atoms with Gasteiger partial charge in [-0.3, -0.25) is 9.59 Å². The minimum Gasteiger partial charge on any atom is -0.294 e. The maximum absolute atomic E-state index is 12.9. The van der Waals surface area contributed by atoms with Crippen LogP contribution >= 0.6 is 46.4 Å². The molecule has 0 aliphatic heterocycles. The van der Waals surface area contributed by atoms with E-state index in [-0.39, 0.29) is 18.0 Å². The normalized spacial score (nSPS) is 11.6. The average Bonchev–Trinajstić information content (AvgIpc) is 3.39. The molecule has 0 N–H and O–H groups in total. The maximum atomic E-state index is 12.9. The molecule has 0 aliphatic carbocycles. The highest BCUT2D eigenvalue weighted by Crippen LogP contribution is 2.31. The third kappa shape index (κ3) is 14.7. The van der Waals surface area contributed by atoms with Gasteiger partial charge in [-0.05, 0) is 118 Å². The van der Waals surface area contributed by atoms with E-state index in [4.69, 9.17) is 46.4 Å². The zero-order valence-corrected chi connectivity index (χ0v) is 44.1. The summed E-state index contributed by atoms with van der Waals surface area (Å²) in [5.74, 6) is 0.587. The van der Waals surface area contributed by atoms with Crippen LogP contribution in [0.4, 0.5) is 0 Å². The van der Waals surface area contributed by atoms with E-state index in [9.17, 15) is 9.59 Å². The summed E-state index contributed by atoms with van der Waals surface area (Å²) in [6, 6.07) is 61.7. The Morgan fingerprint density at radius 1 is 0.371 bits per heavy atom. The predicted octanol–water partition coefficient (Wildman–Crippen LogP) is 18.5. The Kier molecular flexibility index (Phi) is 20.3. The zero-order chi connectivity index (χ0) is 50.2. The Hall–Kier alpha value is -5.74. The summed E-state index contributed by atoms with van der Waals surface area (Å²) in [4.78, 5) is 25.4. The first kappa shape index (κ1) is 53.6. The van der Waals surface area contributed by atoms with Crippen molar-refractivity contribution < 1.29 is 9.59 Å². The summed E-state index contributed by atoms with van der Waals surface area (Å²) >= 11 is 24.8. The van der Waals surface area contributed by atoms with Gasteiger partial charge in [0.25, 0.3) is 0 Å². The first-order valence-corrected chi connectivity index (χ1v) is 25.8. The Bertz CT molecular complexity index is 2740. The molecule has 70 heavy (non-hydrogen) atoms. The summed E-state index contributed by atoms with van der Waals surface area (Å²) in [5.41, 5.74) is 15.0. The SMILES string of the molecule is CC(c1ccccc1)c1ccc(C(=O)c2ccc(C(C)c3ccccc3)cc2)cc1.CCc1c(Cl)cc(CC(=O)c2cc(Cl)c(CC)c(Cl)c2)cc1Cl.CCc1ccc(Cc2ccc(CC)cc2)cc1. The van der Waals surface area contributed by atoms with Crippen molar-refractivity contribution in [2.75, 3.05) is 0 Å². The van der Waals surface area contributed by atoms with E-state index in [1.807, 2.05) is 50.2 Å². The summed E-state index contributed by atoms with van der Waals surface area (Å²) in [7, 11) is 0. The molecule has 0 aliphatic rings. The highest BCUT2D eigenvalue weighted by molar-refractivity contribution is 6.37. The third-order valence-electron chi connectivity index (χ3n) is 13.0. The first-order chi connectivity index (χ1) is 33.8. The van der Waals surface area contributed by atoms with Crippen LogP contribution in [0.3, 0.4) is 0 Å². The minimum atomic E-state index is -0.0761. The van der Waals surface area contributed by atoms with Gasteiger partial charge < -0.3 is 0 Å². The fourth-order valence-corrected chi connectivity index (χ4v) is 9.94. The molecule has 0 radical (unpaired) electrons. The number of hydrogen-bond donors (Lipinski definition) is 0. The molecular formula is C64H62Cl4O2. The molecule has 2 atom stereocenters. The second-order valence-corrected chi connectivity index (χ2v) is 19.2. The van der Waals surface area contributed by atoms with Crippen LogP contribution < -0.4 is 0 Å². The van der Waals surface area contributed by atoms with Gasteiger partial charge in [0.1, 0.15) is 0 Å². The third-order valence-corrected chi connectivity index (χ3v) is 14.3. The quantitative estimate of drug-likeness (QED) is 0.0959. The number of benzene rings is 8. The summed E-state index contributed by atoms with van der Waals surface area (Å²) in [6.07, 6.45) is 4.93. The van der Waals surface area contributed by atoms with Crippen LogP contribution in [0, 0.1) is 0 Å². The van der Waals surface area contributed by atoms with E-state index in [2.05, 4.69) is 149 Å². The molecule has 0 fully saturated rings. The number of aryl methyl sites for hydroxylation is 2. The van der Waals surface area contributed by atoms with Crippen molar-refractivity contribution in [1.82, 2.24) is 0 Å². The summed E-state index contributed by atoms with van der Waals surface area (Å²) in [6.45, 7) is 12.7. The first-order valence-electron chi connectivity index (χ1n) is 24.3. The van der Waals surface area contributed by atoms with Gasteiger partial charge in [-0.1, -0.05) is 246 Å². The Balaban J connectivity index is 0.000000179. The van der Waals surface area contributed by atoms with E-state index >= 15 is 0 Å². The van der Waals surface area contributed by atoms with Gasteiger partial charge in [0.05, 0.1) is 0 Å². The van der Waals surface area contributed by atoms with Crippen LogP contribution in [0.5, 0.6) is 0 Å². The van der Waals surface area contributed by atoms with Crippen molar-refractivity contribution in [3.8, 4) is 0 Å². The lowest BCUT2D eigenvalue weighted by atomic mass is 9.90. The molecule has 0 aromatic heterocycles. The maximum Gasteiger partial charge on any atom is 0.193 e. The number of rotatable bonds is 15. The fourth-order valence-electron chi connectivity index (χ4n) is 8.39. The van der Waals surface area contributed by atoms with Crippen LogP contribution in [0.25, 0.3) is 0 Å². The number of Topliss-reactive ketones (excluding diaryl/α,β-unsaturated/α-hetero) is 1. The van der Waals surface area contributed by atoms with Crippen molar-refractivity contribution in [1.29, 1.82) is 0 Å². The smallest absolute Gasteiger partial charge is 0.193 e. The van der Waals surface area contributed by atoms with Crippen molar-refractivity contribution in [3.05, 3.63) is 280 Å². The number of carbonyl (C=O) groups is 2. The molecule has 8 rings (SSSR count). The molecule has 2 unspecified atom stereocenters. The molecule has 8 aromatic carbocycles. The van der Waals surface area contributed by atoms with Crippen molar-refractivity contribution in [2.24, 2.45) is 0 Å². The lowest BCUT2D eigenvalue weighted by Gasteiger charge is -2.14. The highest BCUT2D eigenvalue weighted by atomic mass is 35.5. The molecule has 0 heterocycles.